The van der Waals surface area contributed by atoms with Gasteiger partial charge < -0.3 is 0 Å². The maximum atomic E-state index is 13.6. The number of carbonyl (C=O) groups is 1. The standard InChI is InChI=1S/C13H13F2NO3S/c14-8-2-3-12(15)10(6-8)9-7-11(9)13(17)16-4-1-5-20(16,18)19/h2-3,6,9,11H,1,4-5,7H2/t9-,11-/m0/s1. The first kappa shape index (κ1) is 13.5. The average Bonchev–Trinajstić information content (AvgIpc) is 3.09. The summed E-state index contributed by atoms with van der Waals surface area (Å²) in [4.78, 5) is 12.1. The minimum atomic E-state index is -3.50. The van der Waals surface area contributed by atoms with E-state index in [1.165, 1.54) is 0 Å². The van der Waals surface area contributed by atoms with E-state index in [1.54, 1.807) is 0 Å². The van der Waals surface area contributed by atoms with E-state index < -0.39 is 39.4 Å². The van der Waals surface area contributed by atoms with Gasteiger partial charge in [0, 0.05) is 12.5 Å². The normalized spacial score (nSPS) is 27.6. The van der Waals surface area contributed by atoms with Crippen molar-refractivity contribution in [1.29, 1.82) is 0 Å². The third-order valence-electron chi connectivity index (χ3n) is 3.81. The Morgan fingerprint density at radius 2 is 2.05 bits per heavy atom. The molecule has 1 aromatic rings. The number of carbonyl (C=O) groups excluding carboxylic acids is 1. The summed E-state index contributed by atoms with van der Waals surface area (Å²) in [5.41, 5.74) is 0.153. The molecule has 0 bridgehead atoms. The first-order chi connectivity index (χ1) is 9.40. The Morgan fingerprint density at radius 1 is 1.30 bits per heavy atom. The Balaban J connectivity index is 1.79. The molecule has 0 aromatic heterocycles. The molecule has 0 spiro atoms. The van der Waals surface area contributed by atoms with Crippen molar-refractivity contribution in [3.05, 3.63) is 35.4 Å². The molecule has 2 aliphatic rings. The van der Waals surface area contributed by atoms with Gasteiger partial charge in [0.15, 0.2) is 0 Å². The van der Waals surface area contributed by atoms with Crippen molar-refractivity contribution in [3.63, 3.8) is 0 Å². The average molecular weight is 301 g/mol. The highest BCUT2D eigenvalue weighted by molar-refractivity contribution is 7.89. The van der Waals surface area contributed by atoms with Crippen molar-refractivity contribution >= 4 is 15.9 Å². The van der Waals surface area contributed by atoms with E-state index >= 15 is 0 Å². The summed E-state index contributed by atoms with van der Waals surface area (Å²) in [6.45, 7) is 0.190. The predicted octanol–water partition coefficient (Wildman–Crippen LogP) is 1.63. The first-order valence-electron chi connectivity index (χ1n) is 6.39. The van der Waals surface area contributed by atoms with Gasteiger partial charge in [-0.2, -0.15) is 0 Å². The highest BCUT2D eigenvalue weighted by Gasteiger charge is 2.50. The lowest BCUT2D eigenvalue weighted by atomic mass is 10.1. The third kappa shape index (κ3) is 2.19. The molecule has 7 heteroatoms. The van der Waals surface area contributed by atoms with Gasteiger partial charge in [-0.1, -0.05) is 0 Å². The summed E-state index contributed by atoms with van der Waals surface area (Å²) < 4.78 is 51.0. The lowest BCUT2D eigenvalue weighted by Gasteiger charge is -2.14. The van der Waals surface area contributed by atoms with Crippen molar-refractivity contribution in [2.75, 3.05) is 12.3 Å². The molecule has 1 aliphatic heterocycles. The number of hydrogen-bond donors (Lipinski definition) is 0. The Morgan fingerprint density at radius 3 is 2.70 bits per heavy atom. The van der Waals surface area contributed by atoms with Crippen LogP contribution in [0.5, 0.6) is 0 Å². The lowest BCUT2D eigenvalue weighted by Crippen LogP contribution is -2.34. The maximum absolute atomic E-state index is 13.6. The summed E-state index contributed by atoms with van der Waals surface area (Å²) in [7, 11) is -3.50. The second-order valence-corrected chi connectivity index (χ2v) is 7.21. The molecule has 1 amide bonds. The largest absolute Gasteiger partial charge is 0.273 e. The number of benzene rings is 1. The minimum absolute atomic E-state index is 0.0234. The van der Waals surface area contributed by atoms with Gasteiger partial charge in [-0.3, -0.25) is 4.79 Å². The molecule has 1 heterocycles. The molecule has 108 valence electrons. The van der Waals surface area contributed by atoms with Crippen LogP contribution in [0.15, 0.2) is 18.2 Å². The van der Waals surface area contributed by atoms with Crippen LogP contribution in [0.3, 0.4) is 0 Å². The van der Waals surface area contributed by atoms with E-state index in [1.807, 2.05) is 0 Å². The Labute approximate surface area is 115 Å². The Hall–Kier alpha value is -1.50. The van der Waals surface area contributed by atoms with Crippen molar-refractivity contribution in [3.8, 4) is 0 Å². The van der Waals surface area contributed by atoms with Gasteiger partial charge in [-0.05, 0) is 42.5 Å². The fourth-order valence-corrected chi connectivity index (χ4v) is 4.21. The third-order valence-corrected chi connectivity index (χ3v) is 5.65. The molecule has 1 aromatic carbocycles. The second-order valence-electron chi connectivity index (χ2n) is 5.19. The summed E-state index contributed by atoms with van der Waals surface area (Å²) >= 11 is 0. The molecule has 2 fully saturated rings. The molecular weight excluding hydrogens is 288 g/mol. The van der Waals surface area contributed by atoms with E-state index in [9.17, 15) is 22.0 Å². The van der Waals surface area contributed by atoms with Gasteiger partial charge in [0.2, 0.25) is 15.9 Å². The number of halogens is 2. The SMILES string of the molecule is O=C([C@H]1C[C@H]1c1cc(F)ccc1F)N1CCCS1(=O)=O. The van der Waals surface area contributed by atoms with Crippen LogP contribution in [0, 0.1) is 17.6 Å². The molecule has 1 saturated carbocycles. The van der Waals surface area contributed by atoms with Crippen molar-refractivity contribution in [1.82, 2.24) is 4.31 Å². The Bertz CT molecular complexity index is 674. The molecule has 0 unspecified atom stereocenters. The van der Waals surface area contributed by atoms with Crippen LogP contribution in [-0.4, -0.2) is 30.9 Å². The quantitative estimate of drug-likeness (QED) is 0.834. The fourth-order valence-electron chi connectivity index (χ4n) is 2.68. The van der Waals surface area contributed by atoms with Gasteiger partial charge in [0.1, 0.15) is 11.6 Å². The number of rotatable bonds is 2. The van der Waals surface area contributed by atoms with Crippen molar-refractivity contribution in [2.45, 2.75) is 18.8 Å². The molecule has 1 saturated heterocycles. The second kappa shape index (κ2) is 4.51. The zero-order valence-electron chi connectivity index (χ0n) is 10.6. The molecule has 1 aliphatic carbocycles. The topological polar surface area (TPSA) is 54.5 Å². The van der Waals surface area contributed by atoms with Gasteiger partial charge in [-0.15, -0.1) is 0 Å². The number of amides is 1. The van der Waals surface area contributed by atoms with E-state index in [0.717, 1.165) is 22.5 Å². The van der Waals surface area contributed by atoms with Gasteiger partial charge >= 0.3 is 0 Å². The van der Waals surface area contributed by atoms with E-state index in [4.69, 9.17) is 0 Å². The van der Waals surface area contributed by atoms with Crippen LogP contribution in [0.2, 0.25) is 0 Å². The van der Waals surface area contributed by atoms with E-state index in [0.29, 0.717) is 12.8 Å². The van der Waals surface area contributed by atoms with Crippen LogP contribution in [0.4, 0.5) is 8.78 Å². The molecule has 0 radical (unpaired) electrons. The molecule has 2 atom stereocenters. The molecule has 3 rings (SSSR count). The summed E-state index contributed by atoms with van der Waals surface area (Å²) in [5.74, 6) is -2.61. The monoisotopic (exact) mass is 301 g/mol. The molecular formula is C13H13F2NO3S. The molecule has 4 nitrogen and oxygen atoms in total. The first-order valence-corrected chi connectivity index (χ1v) is 8.00. The highest BCUT2D eigenvalue weighted by atomic mass is 32.2. The zero-order chi connectivity index (χ0) is 14.5. The van der Waals surface area contributed by atoms with Crippen LogP contribution in [0.1, 0.15) is 24.3 Å². The van der Waals surface area contributed by atoms with Gasteiger partial charge in [-0.25, -0.2) is 21.5 Å². The fraction of sp³-hybridized carbons (Fsp3) is 0.462. The van der Waals surface area contributed by atoms with Crippen LogP contribution >= 0.6 is 0 Å². The minimum Gasteiger partial charge on any atom is -0.273 e. The number of nitrogens with zero attached hydrogens (tertiary/aromatic N) is 1. The van der Waals surface area contributed by atoms with Crippen LogP contribution < -0.4 is 0 Å². The van der Waals surface area contributed by atoms with Crippen molar-refractivity contribution in [2.24, 2.45) is 5.92 Å². The summed E-state index contributed by atoms with van der Waals surface area (Å²) in [6, 6.07) is 3.12. The molecule has 0 N–H and O–H groups in total. The smallest absolute Gasteiger partial charge is 0.239 e. The van der Waals surface area contributed by atoms with E-state index in [-0.39, 0.29) is 17.9 Å². The van der Waals surface area contributed by atoms with Crippen LogP contribution in [0.25, 0.3) is 0 Å². The van der Waals surface area contributed by atoms with Crippen LogP contribution in [-0.2, 0) is 14.8 Å². The number of sulfonamides is 1. The zero-order valence-corrected chi connectivity index (χ0v) is 11.4. The number of hydrogen-bond acceptors (Lipinski definition) is 3. The summed E-state index contributed by atoms with van der Waals surface area (Å²) in [5, 5.41) is 0. The predicted molar refractivity (Wildman–Crippen MR) is 67.3 cm³/mol. The molecule has 20 heavy (non-hydrogen) atoms. The summed E-state index contributed by atoms with van der Waals surface area (Å²) in [6.07, 6.45) is 0.797. The maximum Gasteiger partial charge on any atom is 0.239 e. The highest BCUT2D eigenvalue weighted by Crippen LogP contribution is 2.49. The van der Waals surface area contributed by atoms with Crippen molar-refractivity contribution < 1.29 is 22.0 Å². The Kier molecular flexibility index (Phi) is 3.04. The lowest BCUT2D eigenvalue weighted by molar-refractivity contribution is -0.127. The van der Waals surface area contributed by atoms with E-state index in [2.05, 4.69) is 0 Å². The van der Waals surface area contributed by atoms with Gasteiger partial charge in [0.25, 0.3) is 0 Å². The van der Waals surface area contributed by atoms with Gasteiger partial charge in [0.05, 0.1) is 5.75 Å².